The zero-order valence-corrected chi connectivity index (χ0v) is 64.0. The second-order valence-electron chi connectivity index (χ2n) is 32.1. The van der Waals surface area contributed by atoms with Crippen LogP contribution in [0.1, 0.15) is 230 Å². The van der Waals surface area contributed by atoms with Gasteiger partial charge in [0.2, 0.25) is 0 Å². The topological polar surface area (TPSA) is 0 Å². The van der Waals surface area contributed by atoms with E-state index >= 15 is 0 Å². The third-order valence-corrected chi connectivity index (χ3v) is 25.4. The predicted molar refractivity (Wildman–Crippen MR) is 463 cm³/mol. The van der Waals surface area contributed by atoms with E-state index in [9.17, 15) is 0 Å². The summed E-state index contributed by atoms with van der Waals surface area (Å²) in [6, 6.07) is 101. The molecule has 0 spiro atoms. The fourth-order valence-corrected chi connectivity index (χ4v) is 20.0. The lowest BCUT2D eigenvalue weighted by molar-refractivity contribution is 0.397. The average molecular weight is 1380 g/mol. The Hall–Kier alpha value is -9.36. The molecule has 0 unspecified atom stereocenters. The number of unbranched alkanes of at least 4 members (excludes halogenated alkanes) is 20. The van der Waals surface area contributed by atoms with Crippen molar-refractivity contribution in [3.8, 4) is 77.9 Å². The normalized spacial score (nSPS) is 13.4. The third kappa shape index (κ3) is 13.6. The summed E-state index contributed by atoms with van der Waals surface area (Å²) in [7, 11) is 0. The van der Waals surface area contributed by atoms with Crippen molar-refractivity contribution in [2.75, 3.05) is 0 Å². The summed E-state index contributed by atoms with van der Waals surface area (Å²) in [4.78, 5) is 0. The van der Waals surface area contributed by atoms with Gasteiger partial charge in [0.05, 0.1) is 0 Å². The summed E-state index contributed by atoms with van der Waals surface area (Å²) in [5, 5.41) is 15.7. The molecule has 0 radical (unpaired) electrons. The SMILES string of the molecule is CCCCCCCCC1(CCCCCCCC)c2cc(-c3ccc4c(c3)C(CCCCCCCC)(CCCCCCCC)c3cc(-c5c6ccccc6c(-c6ccc7ccccc7c6)c6ccccc56)ccc3-4)ccc2-c2ccc(-c3c4ccccc4c(-c4ccc5ccccc5c4)c4ccccc34)cc21. The summed E-state index contributed by atoms with van der Waals surface area (Å²) in [5.41, 5.74) is 25.2. The van der Waals surface area contributed by atoms with Crippen molar-refractivity contribution in [3.63, 3.8) is 0 Å². The van der Waals surface area contributed by atoms with Crippen molar-refractivity contribution in [1.82, 2.24) is 0 Å². The van der Waals surface area contributed by atoms with Gasteiger partial charge in [0.25, 0.3) is 0 Å². The number of hydrogen-bond donors (Lipinski definition) is 0. The van der Waals surface area contributed by atoms with E-state index in [1.165, 1.54) is 322 Å². The van der Waals surface area contributed by atoms with E-state index in [4.69, 9.17) is 0 Å². The van der Waals surface area contributed by atoms with Gasteiger partial charge in [-0.1, -0.05) is 400 Å². The van der Waals surface area contributed by atoms with E-state index in [2.05, 4.69) is 282 Å². The molecule has 0 atom stereocenters. The van der Waals surface area contributed by atoms with Crippen LogP contribution in [0.3, 0.4) is 0 Å². The first-order valence-electron chi connectivity index (χ1n) is 41.9. The second-order valence-corrected chi connectivity index (χ2v) is 32.1. The van der Waals surface area contributed by atoms with Crippen molar-refractivity contribution >= 4 is 64.6 Å². The summed E-state index contributed by atoms with van der Waals surface area (Å²) in [6.07, 6.45) is 35.7. The number of hydrogen-bond acceptors (Lipinski definition) is 0. The highest BCUT2D eigenvalue weighted by molar-refractivity contribution is 6.23. The third-order valence-electron chi connectivity index (χ3n) is 25.4. The minimum atomic E-state index is -0.131. The van der Waals surface area contributed by atoms with Gasteiger partial charge in [-0.15, -0.1) is 0 Å². The molecule has 0 heteroatoms. The monoisotopic (exact) mass is 1380 g/mol. The van der Waals surface area contributed by atoms with Crippen LogP contribution in [-0.2, 0) is 10.8 Å². The van der Waals surface area contributed by atoms with Crippen molar-refractivity contribution in [1.29, 1.82) is 0 Å². The van der Waals surface area contributed by atoms with Gasteiger partial charge in [0.15, 0.2) is 0 Å². The molecule has 534 valence electrons. The summed E-state index contributed by atoms with van der Waals surface area (Å²) < 4.78 is 0. The molecule has 14 aromatic carbocycles. The molecular formula is C106H110. The lowest BCUT2D eigenvalue weighted by Crippen LogP contribution is -2.26. The van der Waals surface area contributed by atoms with Gasteiger partial charge in [0.1, 0.15) is 0 Å². The Bertz CT molecular complexity index is 4970. The van der Waals surface area contributed by atoms with Crippen molar-refractivity contribution in [3.05, 3.63) is 277 Å². The van der Waals surface area contributed by atoms with Gasteiger partial charge in [-0.05, 0) is 227 Å². The lowest BCUT2D eigenvalue weighted by atomic mass is 9.69. The highest BCUT2D eigenvalue weighted by Crippen LogP contribution is 2.60. The van der Waals surface area contributed by atoms with Crippen LogP contribution in [0.4, 0.5) is 0 Å². The first kappa shape index (κ1) is 70.9. The first-order chi connectivity index (χ1) is 52.4. The van der Waals surface area contributed by atoms with Crippen LogP contribution in [0.2, 0.25) is 0 Å². The zero-order valence-electron chi connectivity index (χ0n) is 64.0. The smallest absolute Gasteiger partial charge is 0.0215 e. The highest BCUT2D eigenvalue weighted by atomic mass is 14.5. The maximum Gasteiger partial charge on any atom is 0.0215 e. The molecule has 0 bridgehead atoms. The summed E-state index contributed by atoms with van der Waals surface area (Å²) in [6.45, 7) is 9.44. The molecule has 2 aliphatic rings. The van der Waals surface area contributed by atoms with Crippen LogP contribution in [0.25, 0.3) is 143 Å². The molecule has 0 saturated carbocycles. The number of fused-ring (bicyclic) bond motifs is 12. The van der Waals surface area contributed by atoms with Gasteiger partial charge in [-0.3, -0.25) is 0 Å². The van der Waals surface area contributed by atoms with Crippen molar-refractivity contribution < 1.29 is 0 Å². The minimum absolute atomic E-state index is 0.131. The molecule has 2 aliphatic carbocycles. The van der Waals surface area contributed by atoms with Gasteiger partial charge in [-0.2, -0.15) is 0 Å². The second kappa shape index (κ2) is 32.4. The quantitative estimate of drug-likeness (QED) is 0.0284. The van der Waals surface area contributed by atoms with Gasteiger partial charge in [0, 0.05) is 10.8 Å². The van der Waals surface area contributed by atoms with Crippen LogP contribution in [0.5, 0.6) is 0 Å². The van der Waals surface area contributed by atoms with E-state index in [0.29, 0.717) is 0 Å². The summed E-state index contributed by atoms with van der Waals surface area (Å²) >= 11 is 0. The number of rotatable bonds is 33. The van der Waals surface area contributed by atoms with E-state index in [1.807, 2.05) is 0 Å². The van der Waals surface area contributed by atoms with E-state index in [0.717, 1.165) is 0 Å². The molecule has 16 rings (SSSR count). The van der Waals surface area contributed by atoms with Crippen molar-refractivity contribution in [2.24, 2.45) is 0 Å². The molecular weight excluding hydrogens is 1270 g/mol. The van der Waals surface area contributed by atoms with Gasteiger partial charge in [-0.25, -0.2) is 0 Å². The Morgan fingerprint density at radius 2 is 0.387 bits per heavy atom. The van der Waals surface area contributed by atoms with Gasteiger partial charge < -0.3 is 0 Å². The van der Waals surface area contributed by atoms with Crippen LogP contribution in [-0.4, -0.2) is 0 Å². The zero-order chi connectivity index (χ0) is 71.8. The summed E-state index contributed by atoms with van der Waals surface area (Å²) in [5.74, 6) is 0. The van der Waals surface area contributed by atoms with Crippen molar-refractivity contribution in [2.45, 2.75) is 218 Å². The van der Waals surface area contributed by atoms with Crippen LogP contribution in [0, 0.1) is 0 Å². The Morgan fingerprint density at radius 1 is 0.179 bits per heavy atom. The fraction of sp³-hybridized carbons (Fsp3) is 0.321. The Balaban J connectivity index is 0.847. The fourth-order valence-electron chi connectivity index (χ4n) is 20.0. The maximum atomic E-state index is 2.76. The largest absolute Gasteiger partial charge is 0.0654 e. The van der Waals surface area contributed by atoms with Crippen LogP contribution >= 0.6 is 0 Å². The van der Waals surface area contributed by atoms with Crippen LogP contribution < -0.4 is 0 Å². The molecule has 0 saturated heterocycles. The molecule has 14 aromatic rings. The first-order valence-corrected chi connectivity index (χ1v) is 41.9. The molecule has 0 aliphatic heterocycles. The van der Waals surface area contributed by atoms with E-state index in [1.54, 1.807) is 22.3 Å². The molecule has 0 N–H and O–H groups in total. The molecule has 0 amide bonds. The Morgan fingerprint density at radius 3 is 0.660 bits per heavy atom. The van der Waals surface area contributed by atoms with Crippen LogP contribution in [0.15, 0.2) is 255 Å². The number of benzene rings is 14. The molecule has 106 heavy (non-hydrogen) atoms. The highest BCUT2D eigenvalue weighted by Gasteiger charge is 2.45. The van der Waals surface area contributed by atoms with E-state index < -0.39 is 0 Å². The molecule has 0 aromatic heterocycles. The van der Waals surface area contributed by atoms with E-state index in [-0.39, 0.29) is 10.8 Å². The molecule has 0 nitrogen and oxygen atoms in total. The molecule has 0 fully saturated rings. The Kier molecular flexibility index (Phi) is 21.7. The Labute approximate surface area is 633 Å². The maximum absolute atomic E-state index is 2.76. The standard InChI is InChI=1S/C106H110/c1-5-9-13-17-21-37-65-105(66-38-22-18-14-10-6-2)97-71-79(57-61-85(97)87-63-59-83(73-99(87)105)103-93-49-33-29-45-89(93)101(90-46-30-34-50-94(90)103)81-55-53-75-41-25-27-43-77(75)69-81)80-58-62-86-88-64-60-84(74-100(88)106(98(86)72-80,67-39-23-19-15-11-7-3)68-40-24-20-16-12-8-4)104-95-51-35-31-47-91(95)102(92-48-32-36-52-96(92)104)82-56-54-76-42-26-28-44-78(76)70-82/h25-36,41-64,69-74H,5-24,37-40,65-68H2,1-4H3. The lowest BCUT2D eigenvalue weighted by Gasteiger charge is -2.34. The minimum Gasteiger partial charge on any atom is -0.0654 e. The van der Waals surface area contributed by atoms with Gasteiger partial charge >= 0.3 is 0 Å². The predicted octanol–water partition coefficient (Wildman–Crippen LogP) is 32.5. The average Bonchev–Trinajstić information content (AvgIpc) is 1.50. The molecule has 0 heterocycles.